The SMILES string of the molecule is O=c1c2ccccc2nc(-c2cc3ccccc3o2)n1N=Cc1cc(Cl)c(OCc2ccccc2)c(Cl)c1. The molecule has 4 aromatic carbocycles. The van der Waals surface area contributed by atoms with Gasteiger partial charge in [-0.15, -0.1) is 0 Å². The average molecular weight is 540 g/mol. The average Bonchev–Trinajstić information content (AvgIpc) is 3.37. The molecule has 6 rings (SSSR count). The number of rotatable bonds is 6. The van der Waals surface area contributed by atoms with Crippen LogP contribution in [0.2, 0.25) is 10.0 Å². The van der Waals surface area contributed by atoms with E-state index in [0.29, 0.717) is 50.2 Å². The van der Waals surface area contributed by atoms with Crippen molar-refractivity contribution < 1.29 is 9.15 Å². The number of hydrogen-bond donors (Lipinski definition) is 0. The Hall–Kier alpha value is -4.39. The maximum absolute atomic E-state index is 13.5. The van der Waals surface area contributed by atoms with Gasteiger partial charge in [0.1, 0.15) is 12.2 Å². The van der Waals surface area contributed by atoms with Crippen LogP contribution in [-0.2, 0) is 6.61 Å². The minimum atomic E-state index is -0.331. The zero-order chi connectivity index (χ0) is 26.1. The standard InChI is InChI=1S/C30H19Cl2N3O3/c31-23-14-20(15-24(32)28(23)37-18-19-8-2-1-3-9-19)17-33-35-29(27-16-21-10-4-7-13-26(21)38-27)34-25-12-6-5-11-22(25)30(35)36/h1-17H,18H2. The molecule has 0 N–H and O–H groups in total. The molecule has 0 atom stereocenters. The Bertz CT molecular complexity index is 1820. The van der Waals surface area contributed by atoms with Gasteiger partial charge in [-0.25, -0.2) is 4.98 Å². The van der Waals surface area contributed by atoms with Crippen LogP contribution < -0.4 is 10.3 Å². The van der Waals surface area contributed by atoms with E-state index in [4.69, 9.17) is 37.3 Å². The van der Waals surface area contributed by atoms with Crippen LogP contribution >= 0.6 is 23.2 Å². The zero-order valence-corrected chi connectivity index (χ0v) is 21.4. The molecule has 2 aromatic heterocycles. The van der Waals surface area contributed by atoms with Crippen LogP contribution in [0.5, 0.6) is 5.75 Å². The Morgan fingerprint density at radius 2 is 1.61 bits per heavy atom. The number of benzene rings is 4. The second-order valence-corrected chi connectivity index (χ2v) is 9.36. The third-order valence-electron chi connectivity index (χ3n) is 5.97. The summed E-state index contributed by atoms with van der Waals surface area (Å²) in [6, 6.07) is 29.6. The molecule has 6 aromatic rings. The molecule has 0 fully saturated rings. The van der Waals surface area contributed by atoms with E-state index in [1.54, 1.807) is 30.3 Å². The first-order valence-corrected chi connectivity index (χ1v) is 12.5. The van der Waals surface area contributed by atoms with Gasteiger partial charge in [-0.05, 0) is 47.5 Å². The second kappa shape index (κ2) is 10.2. The minimum Gasteiger partial charge on any atom is -0.486 e. The Labute approximate surface area is 227 Å². The minimum absolute atomic E-state index is 0.279. The smallest absolute Gasteiger partial charge is 0.282 e. The zero-order valence-electron chi connectivity index (χ0n) is 19.8. The second-order valence-electron chi connectivity index (χ2n) is 8.55. The maximum Gasteiger partial charge on any atom is 0.282 e. The van der Waals surface area contributed by atoms with Crippen LogP contribution in [0.15, 0.2) is 111 Å². The third kappa shape index (κ3) is 4.67. The molecule has 186 valence electrons. The number of para-hydroxylation sites is 2. The molecule has 6 nitrogen and oxygen atoms in total. The summed E-state index contributed by atoms with van der Waals surface area (Å²) in [6.07, 6.45) is 1.50. The van der Waals surface area contributed by atoms with Gasteiger partial charge in [-0.1, -0.05) is 83.9 Å². The quantitative estimate of drug-likeness (QED) is 0.204. The van der Waals surface area contributed by atoms with Crippen LogP contribution in [0.1, 0.15) is 11.1 Å². The molecular weight excluding hydrogens is 521 g/mol. The van der Waals surface area contributed by atoms with E-state index in [1.807, 2.05) is 66.7 Å². The Kier molecular flexibility index (Phi) is 6.42. The Balaban J connectivity index is 1.39. The summed E-state index contributed by atoms with van der Waals surface area (Å²) in [5.74, 6) is 1.08. The number of nitrogens with zero attached hydrogens (tertiary/aromatic N) is 3. The van der Waals surface area contributed by atoms with Gasteiger partial charge < -0.3 is 9.15 Å². The molecule has 0 radical (unpaired) electrons. The Morgan fingerprint density at radius 1 is 0.895 bits per heavy atom. The highest BCUT2D eigenvalue weighted by Crippen LogP contribution is 2.34. The first kappa shape index (κ1) is 24.0. The van der Waals surface area contributed by atoms with Crippen molar-refractivity contribution in [3.05, 3.63) is 129 Å². The lowest BCUT2D eigenvalue weighted by molar-refractivity contribution is 0.306. The number of halogens is 2. The van der Waals surface area contributed by atoms with Crippen molar-refractivity contribution in [3.63, 3.8) is 0 Å². The van der Waals surface area contributed by atoms with Crippen LogP contribution in [0.3, 0.4) is 0 Å². The highest BCUT2D eigenvalue weighted by Gasteiger charge is 2.17. The van der Waals surface area contributed by atoms with Crippen molar-refractivity contribution in [1.82, 2.24) is 9.66 Å². The predicted octanol–water partition coefficient (Wildman–Crippen LogP) is 7.58. The lowest BCUT2D eigenvalue weighted by Crippen LogP contribution is -2.20. The van der Waals surface area contributed by atoms with E-state index in [-0.39, 0.29) is 11.4 Å². The first-order valence-electron chi connectivity index (χ1n) is 11.8. The third-order valence-corrected chi connectivity index (χ3v) is 6.53. The van der Waals surface area contributed by atoms with Gasteiger partial charge in [0.2, 0.25) is 5.82 Å². The maximum atomic E-state index is 13.5. The fraction of sp³-hybridized carbons (Fsp3) is 0.0333. The van der Waals surface area contributed by atoms with Gasteiger partial charge >= 0.3 is 0 Å². The summed E-state index contributed by atoms with van der Waals surface area (Å²) in [7, 11) is 0. The predicted molar refractivity (Wildman–Crippen MR) is 151 cm³/mol. The normalized spacial score (nSPS) is 11.5. The van der Waals surface area contributed by atoms with Crippen LogP contribution in [-0.4, -0.2) is 15.9 Å². The molecule has 0 amide bonds. The first-order chi connectivity index (χ1) is 18.6. The number of hydrogen-bond acceptors (Lipinski definition) is 5. The fourth-order valence-electron chi connectivity index (χ4n) is 4.13. The van der Waals surface area contributed by atoms with E-state index >= 15 is 0 Å². The summed E-state index contributed by atoms with van der Waals surface area (Å²) in [5, 5.41) is 6.47. The van der Waals surface area contributed by atoms with E-state index in [1.165, 1.54) is 10.9 Å². The molecule has 0 saturated heterocycles. The fourth-order valence-corrected chi connectivity index (χ4v) is 4.74. The van der Waals surface area contributed by atoms with Gasteiger partial charge in [0, 0.05) is 5.39 Å². The molecule has 0 aliphatic carbocycles. The molecule has 0 aliphatic rings. The van der Waals surface area contributed by atoms with Gasteiger partial charge in [0.05, 0.1) is 27.2 Å². The number of ether oxygens (including phenoxy) is 1. The van der Waals surface area contributed by atoms with Crippen molar-refractivity contribution in [1.29, 1.82) is 0 Å². The number of aromatic nitrogens is 2. The van der Waals surface area contributed by atoms with E-state index in [2.05, 4.69) is 5.10 Å². The van der Waals surface area contributed by atoms with Crippen molar-refractivity contribution >= 4 is 51.3 Å². The summed E-state index contributed by atoms with van der Waals surface area (Å²) in [4.78, 5) is 18.2. The topological polar surface area (TPSA) is 69.6 Å². The molecular formula is C30H19Cl2N3O3. The Morgan fingerprint density at radius 3 is 2.39 bits per heavy atom. The highest BCUT2D eigenvalue weighted by atomic mass is 35.5. The van der Waals surface area contributed by atoms with Crippen molar-refractivity contribution in [3.8, 4) is 17.3 Å². The van der Waals surface area contributed by atoms with Crippen molar-refractivity contribution in [2.75, 3.05) is 0 Å². The molecule has 0 bridgehead atoms. The van der Waals surface area contributed by atoms with E-state index in [0.717, 1.165) is 10.9 Å². The van der Waals surface area contributed by atoms with Gasteiger partial charge in [0.15, 0.2) is 11.5 Å². The molecule has 38 heavy (non-hydrogen) atoms. The molecule has 8 heteroatoms. The number of furan rings is 1. The number of fused-ring (bicyclic) bond motifs is 2. The monoisotopic (exact) mass is 539 g/mol. The van der Waals surface area contributed by atoms with E-state index < -0.39 is 0 Å². The largest absolute Gasteiger partial charge is 0.486 e. The van der Waals surface area contributed by atoms with E-state index in [9.17, 15) is 4.79 Å². The molecule has 0 spiro atoms. The summed E-state index contributed by atoms with van der Waals surface area (Å²) in [6.45, 7) is 0.326. The highest BCUT2D eigenvalue weighted by molar-refractivity contribution is 6.37. The van der Waals surface area contributed by atoms with Gasteiger partial charge in [-0.3, -0.25) is 4.79 Å². The van der Waals surface area contributed by atoms with Gasteiger partial charge in [-0.2, -0.15) is 9.78 Å². The molecule has 0 unspecified atom stereocenters. The molecule has 0 aliphatic heterocycles. The molecule has 0 saturated carbocycles. The van der Waals surface area contributed by atoms with Crippen LogP contribution in [0.25, 0.3) is 33.5 Å². The van der Waals surface area contributed by atoms with Crippen LogP contribution in [0, 0.1) is 0 Å². The van der Waals surface area contributed by atoms with Crippen LogP contribution in [0.4, 0.5) is 0 Å². The van der Waals surface area contributed by atoms with Crippen molar-refractivity contribution in [2.24, 2.45) is 5.10 Å². The summed E-state index contributed by atoms with van der Waals surface area (Å²) in [5.41, 5.74) is 2.48. The van der Waals surface area contributed by atoms with Crippen molar-refractivity contribution in [2.45, 2.75) is 6.61 Å². The lowest BCUT2D eigenvalue weighted by Gasteiger charge is -2.11. The summed E-state index contributed by atoms with van der Waals surface area (Å²) >= 11 is 13.0. The van der Waals surface area contributed by atoms with Gasteiger partial charge in [0.25, 0.3) is 5.56 Å². The lowest BCUT2D eigenvalue weighted by atomic mass is 10.2. The summed E-state index contributed by atoms with van der Waals surface area (Å²) < 4.78 is 13.1. The molecule has 2 heterocycles.